The standard InChI is InChI=1S/C26H19Cl2N3O5/c1-15-7-9-17(10-8-15)29-22(32)14-36-23-20(27)12-16(13-21(23)28)11-19-24(33)30-26(35)31(25(19)34)18-5-3-2-4-6-18/h2-13H,14H2,1H3,(H,29,32)(H,30,33,35)/b19-11+. The lowest BCUT2D eigenvalue weighted by atomic mass is 10.1. The largest absolute Gasteiger partial charge is 0.481 e. The van der Waals surface area contributed by atoms with Crippen molar-refractivity contribution in [1.29, 1.82) is 0 Å². The topological polar surface area (TPSA) is 105 Å². The van der Waals surface area contributed by atoms with Crippen molar-refractivity contribution in [3.05, 3.63) is 93.5 Å². The molecule has 2 N–H and O–H groups in total. The van der Waals surface area contributed by atoms with E-state index in [0.29, 0.717) is 16.9 Å². The minimum Gasteiger partial charge on any atom is -0.481 e. The van der Waals surface area contributed by atoms with Crippen LogP contribution in [0.4, 0.5) is 16.2 Å². The summed E-state index contributed by atoms with van der Waals surface area (Å²) in [6.45, 7) is 1.59. The van der Waals surface area contributed by atoms with E-state index in [1.54, 1.807) is 42.5 Å². The highest BCUT2D eigenvalue weighted by Crippen LogP contribution is 2.35. The molecule has 8 nitrogen and oxygen atoms in total. The predicted molar refractivity (Wildman–Crippen MR) is 137 cm³/mol. The molecule has 0 saturated carbocycles. The summed E-state index contributed by atoms with van der Waals surface area (Å²) in [7, 11) is 0. The summed E-state index contributed by atoms with van der Waals surface area (Å²) in [5.41, 5.74) is 2.03. The van der Waals surface area contributed by atoms with Crippen LogP contribution in [-0.2, 0) is 14.4 Å². The fourth-order valence-electron chi connectivity index (χ4n) is 3.41. The van der Waals surface area contributed by atoms with Gasteiger partial charge in [0.2, 0.25) is 0 Å². The molecule has 0 atom stereocenters. The van der Waals surface area contributed by atoms with Crippen molar-refractivity contribution in [2.45, 2.75) is 6.92 Å². The van der Waals surface area contributed by atoms with Crippen LogP contribution in [0.5, 0.6) is 5.75 Å². The molecule has 0 radical (unpaired) electrons. The number of barbiturate groups is 1. The molecule has 3 aromatic carbocycles. The van der Waals surface area contributed by atoms with Crippen LogP contribution in [0.1, 0.15) is 11.1 Å². The maximum atomic E-state index is 13.0. The number of hydrogen-bond acceptors (Lipinski definition) is 5. The third-order valence-corrected chi connectivity index (χ3v) is 5.69. The molecule has 5 amide bonds. The van der Waals surface area contributed by atoms with Gasteiger partial charge < -0.3 is 10.1 Å². The Bertz CT molecular complexity index is 1370. The number of anilines is 2. The van der Waals surface area contributed by atoms with Crippen molar-refractivity contribution in [2.75, 3.05) is 16.8 Å². The Morgan fingerprint density at radius 2 is 1.64 bits per heavy atom. The summed E-state index contributed by atoms with van der Waals surface area (Å²) >= 11 is 12.6. The number of aryl methyl sites for hydroxylation is 1. The Hall–Kier alpha value is -4.14. The van der Waals surface area contributed by atoms with Gasteiger partial charge in [-0.25, -0.2) is 9.69 Å². The van der Waals surface area contributed by atoms with Crippen LogP contribution in [-0.4, -0.2) is 30.4 Å². The van der Waals surface area contributed by atoms with Gasteiger partial charge >= 0.3 is 6.03 Å². The van der Waals surface area contributed by atoms with Gasteiger partial charge in [0.05, 0.1) is 15.7 Å². The van der Waals surface area contributed by atoms with E-state index >= 15 is 0 Å². The maximum absolute atomic E-state index is 13.0. The number of benzene rings is 3. The first-order chi connectivity index (χ1) is 17.2. The maximum Gasteiger partial charge on any atom is 0.335 e. The third-order valence-electron chi connectivity index (χ3n) is 5.13. The molecular formula is C26H19Cl2N3O5. The smallest absolute Gasteiger partial charge is 0.335 e. The zero-order chi connectivity index (χ0) is 25.8. The molecule has 1 fully saturated rings. The Balaban J connectivity index is 1.51. The summed E-state index contributed by atoms with van der Waals surface area (Å²) in [5, 5.41) is 4.98. The van der Waals surface area contributed by atoms with E-state index in [0.717, 1.165) is 10.5 Å². The van der Waals surface area contributed by atoms with E-state index in [4.69, 9.17) is 27.9 Å². The number of amides is 5. The highest BCUT2D eigenvalue weighted by atomic mass is 35.5. The Morgan fingerprint density at radius 1 is 1.00 bits per heavy atom. The van der Waals surface area contributed by atoms with Crippen molar-refractivity contribution in [3.63, 3.8) is 0 Å². The van der Waals surface area contributed by atoms with Gasteiger partial charge in [0.1, 0.15) is 5.57 Å². The van der Waals surface area contributed by atoms with Gasteiger partial charge in [0.25, 0.3) is 17.7 Å². The quantitative estimate of drug-likeness (QED) is 0.350. The lowest BCUT2D eigenvalue weighted by molar-refractivity contribution is -0.122. The van der Waals surface area contributed by atoms with Crippen LogP contribution >= 0.6 is 23.2 Å². The number of nitrogens with one attached hydrogen (secondary N) is 2. The Kier molecular flexibility index (Phi) is 7.38. The molecule has 1 aliphatic heterocycles. The van der Waals surface area contributed by atoms with Crippen LogP contribution in [0.2, 0.25) is 10.0 Å². The first kappa shape index (κ1) is 25.0. The van der Waals surface area contributed by atoms with Gasteiger partial charge in [-0.1, -0.05) is 59.1 Å². The number of urea groups is 1. The van der Waals surface area contributed by atoms with Crippen molar-refractivity contribution in [3.8, 4) is 5.75 Å². The fraction of sp³-hybridized carbons (Fsp3) is 0.0769. The number of halogens is 2. The zero-order valence-corrected chi connectivity index (χ0v) is 20.4. The van der Waals surface area contributed by atoms with E-state index in [2.05, 4.69) is 10.6 Å². The van der Waals surface area contributed by atoms with E-state index in [9.17, 15) is 19.2 Å². The van der Waals surface area contributed by atoms with Crippen molar-refractivity contribution in [1.82, 2.24) is 5.32 Å². The summed E-state index contributed by atoms with van der Waals surface area (Å²) in [4.78, 5) is 50.7. The van der Waals surface area contributed by atoms with Gasteiger partial charge in [0.15, 0.2) is 12.4 Å². The molecule has 0 aliphatic carbocycles. The molecule has 36 heavy (non-hydrogen) atoms. The van der Waals surface area contributed by atoms with Crippen LogP contribution in [0.15, 0.2) is 72.3 Å². The van der Waals surface area contributed by atoms with Crippen LogP contribution in [0, 0.1) is 6.92 Å². The van der Waals surface area contributed by atoms with Gasteiger partial charge in [-0.2, -0.15) is 0 Å². The number of carbonyl (C=O) groups excluding carboxylic acids is 4. The minimum absolute atomic E-state index is 0.0668. The number of nitrogens with zero attached hydrogens (tertiary/aromatic N) is 1. The molecule has 1 heterocycles. The molecule has 3 aromatic rings. The SMILES string of the molecule is Cc1ccc(NC(=O)COc2c(Cl)cc(/C=C3\C(=O)NC(=O)N(c4ccccc4)C3=O)cc2Cl)cc1. The molecule has 0 spiro atoms. The average molecular weight is 524 g/mol. The summed E-state index contributed by atoms with van der Waals surface area (Å²) < 4.78 is 5.51. The highest BCUT2D eigenvalue weighted by Gasteiger charge is 2.36. The summed E-state index contributed by atoms with van der Waals surface area (Å²) in [6.07, 6.45) is 1.27. The van der Waals surface area contributed by atoms with E-state index in [-0.39, 0.29) is 28.0 Å². The minimum atomic E-state index is -0.850. The van der Waals surface area contributed by atoms with Gasteiger partial charge in [0, 0.05) is 5.69 Å². The lowest BCUT2D eigenvalue weighted by Gasteiger charge is -2.26. The molecule has 1 aliphatic rings. The fourth-order valence-corrected chi connectivity index (χ4v) is 4.02. The number of hydrogen-bond donors (Lipinski definition) is 2. The second-order valence-electron chi connectivity index (χ2n) is 7.81. The zero-order valence-electron chi connectivity index (χ0n) is 18.9. The lowest BCUT2D eigenvalue weighted by Crippen LogP contribution is -2.54. The first-order valence-electron chi connectivity index (χ1n) is 10.7. The average Bonchev–Trinajstić information content (AvgIpc) is 2.83. The Labute approximate surface area is 216 Å². The molecule has 182 valence electrons. The molecule has 10 heteroatoms. The molecule has 4 rings (SSSR count). The number of imide groups is 2. The second-order valence-corrected chi connectivity index (χ2v) is 8.62. The van der Waals surface area contributed by atoms with Crippen molar-refractivity contribution < 1.29 is 23.9 Å². The van der Waals surface area contributed by atoms with E-state index < -0.39 is 23.8 Å². The first-order valence-corrected chi connectivity index (χ1v) is 11.4. The summed E-state index contributed by atoms with van der Waals surface area (Å²) in [5.74, 6) is -1.99. The third kappa shape index (κ3) is 5.56. The number of rotatable bonds is 6. The molecule has 1 saturated heterocycles. The van der Waals surface area contributed by atoms with Crippen molar-refractivity contribution in [2.24, 2.45) is 0 Å². The highest BCUT2D eigenvalue weighted by molar-refractivity contribution is 6.40. The van der Waals surface area contributed by atoms with Crippen LogP contribution < -0.4 is 20.3 Å². The molecule has 0 unspecified atom stereocenters. The second kappa shape index (κ2) is 10.6. The van der Waals surface area contributed by atoms with Crippen LogP contribution in [0.3, 0.4) is 0 Å². The molecule has 0 bridgehead atoms. The van der Waals surface area contributed by atoms with Gasteiger partial charge in [-0.3, -0.25) is 19.7 Å². The molecule has 0 aromatic heterocycles. The Morgan fingerprint density at radius 3 is 2.28 bits per heavy atom. The predicted octanol–water partition coefficient (Wildman–Crippen LogP) is 4.99. The monoisotopic (exact) mass is 523 g/mol. The van der Waals surface area contributed by atoms with Crippen molar-refractivity contribution >= 4 is 64.4 Å². The number of carbonyl (C=O) groups is 4. The van der Waals surface area contributed by atoms with E-state index in [1.807, 2.05) is 19.1 Å². The molecular weight excluding hydrogens is 505 g/mol. The van der Waals surface area contributed by atoms with E-state index in [1.165, 1.54) is 18.2 Å². The van der Waals surface area contributed by atoms with Gasteiger partial charge in [-0.05, 0) is 55.0 Å². The number of para-hydroxylation sites is 1. The van der Waals surface area contributed by atoms with Gasteiger partial charge in [-0.15, -0.1) is 0 Å². The van der Waals surface area contributed by atoms with Crippen LogP contribution in [0.25, 0.3) is 6.08 Å². The normalized spacial score (nSPS) is 14.6. The number of ether oxygens (including phenoxy) is 1. The summed E-state index contributed by atoms with van der Waals surface area (Å²) in [6, 6.07) is 17.5.